The molecule has 6 heteroatoms. The first-order valence-electron chi connectivity index (χ1n) is 8.16. The molecule has 2 atom stereocenters. The van der Waals surface area contributed by atoms with Crippen molar-refractivity contribution in [2.24, 2.45) is 5.92 Å². The topological polar surface area (TPSA) is 71.3 Å². The number of likely N-dealkylation sites (tertiary alicyclic amines) is 1. The van der Waals surface area contributed by atoms with E-state index in [4.69, 9.17) is 4.52 Å². The number of rotatable bonds is 3. The van der Waals surface area contributed by atoms with Crippen LogP contribution in [-0.2, 0) is 11.3 Å². The van der Waals surface area contributed by atoms with Crippen LogP contribution in [0.5, 0.6) is 0 Å². The van der Waals surface area contributed by atoms with Crippen molar-refractivity contribution in [1.82, 2.24) is 20.4 Å². The number of carbonyl (C=O) groups excluding carboxylic acids is 1. The minimum atomic E-state index is 0.102. The van der Waals surface area contributed by atoms with E-state index in [1.165, 1.54) is 0 Å². The Kier molecular flexibility index (Phi) is 3.83. The van der Waals surface area contributed by atoms with Crippen LogP contribution in [0.4, 0.5) is 0 Å². The zero-order valence-corrected chi connectivity index (χ0v) is 12.9. The number of pyridine rings is 1. The molecular weight excluding hydrogens is 292 g/mol. The van der Waals surface area contributed by atoms with Crippen molar-refractivity contribution in [1.29, 1.82) is 0 Å². The van der Waals surface area contributed by atoms with Gasteiger partial charge >= 0.3 is 0 Å². The van der Waals surface area contributed by atoms with Gasteiger partial charge in [0, 0.05) is 43.2 Å². The van der Waals surface area contributed by atoms with Crippen LogP contribution in [0, 0.1) is 5.92 Å². The van der Waals surface area contributed by atoms with Gasteiger partial charge in [-0.3, -0.25) is 14.7 Å². The van der Waals surface area contributed by atoms with Crippen LogP contribution < -0.4 is 5.32 Å². The highest BCUT2D eigenvalue weighted by Crippen LogP contribution is 2.24. The molecule has 1 N–H and O–H groups in total. The Balaban J connectivity index is 1.48. The first-order chi connectivity index (χ1) is 11.3. The number of aromatic nitrogens is 2. The molecule has 4 rings (SSSR count). The molecule has 0 aliphatic carbocycles. The van der Waals surface area contributed by atoms with E-state index in [9.17, 15) is 4.79 Å². The summed E-state index contributed by atoms with van der Waals surface area (Å²) in [6.45, 7) is 2.38. The van der Waals surface area contributed by atoms with Gasteiger partial charge in [0.2, 0.25) is 5.91 Å². The summed E-state index contributed by atoms with van der Waals surface area (Å²) in [7, 11) is 0. The Hall–Kier alpha value is -2.21. The summed E-state index contributed by atoms with van der Waals surface area (Å²) < 4.78 is 5.49. The SMILES string of the molecule is O=C1N[C@H]2CCC[C@@H]1CN(Cc1cc(-c3ccncc3)no1)C2. The average molecular weight is 312 g/mol. The van der Waals surface area contributed by atoms with Crippen LogP contribution in [-0.4, -0.2) is 40.1 Å². The van der Waals surface area contributed by atoms with E-state index in [-0.39, 0.29) is 17.9 Å². The highest BCUT2D eigenvalue weighted by molar-refractivity contribution is 5.79. The lowest BCUT2D eigenvalue weighted by molar-refractivity contribution is -0.124. The molecule has 2 aliphatic rings. The van der Waals surface area contributed by atoms with E-state index in [0.29, 0.717) is 6.54 Å². The molecule has 0 spiro atoms. The highest BCUT2D eigenvalue weighted by atomic mass is 16.5. The monoisotopic (exact) mass is 312 g/mol. The summed E-state index contributed by atoms with van der Waals surface area (Å²) in [5, 5.41) is 7.30. The Morgan fingerprint density at radius 2 is 2.13 bits per heavy atom. The van der Waals surface area contributed by atoms with Crippen LogP contribution in [0.3, 0.4) is 0 Å². The second kappa shape index (κ2) is 6.12. The molecular formula is C17H20N4O2. The Bertz CT molecular complexity index is 685. The van der Waals surface area contributed by atoms with E-state index in [0.717, 1.165) is 49.4 Å². The van der Waals surface area contributed by atoms with Crippen molar-refractivity contribution in [3.63, 3.8) is 0 Å². The van der Waals surface area contributed by atoms with Gasteiger partial charge in [0.15, 0.2) is 5.76 Å². The zero-order chi connectivity index (χ0) is 15.6. The number of nitrogens with zero attached hydrogens (tertiary/aromatic N) is 3. The summed E-state index contributed by atoms with van der Waals surface area (Å²) in [5.74, 6) is 1.15. The van der Waals surface area contributed by atoms with Gasteiger partial charge < -0.3 is 9.84 Å². The van der Waals surface area contributed by atoms with Gasteiger partial charge in [-0.2, -0.15) is 0 Å². The molecule has 23 heavy (non-hydrogen) atoms. The number of carbonyl (C=O) groups is 1. The fourth-order valence-electron chi connectivity index (χ4n) is 3.54. The van der Waals surface area contributed by atoms with Gasteiger partial charge in [-0.1, -0.05) is 11.6 Å². The van der Waals surface area contributed by atoms with Gasteiger partial charge in [0.1, 0.15) is 5.69 Å². The second-order valence-corrected chi connectivity index (χ2v) is 6.44. The van der Waals surface area contributed by atoms with Crippen molar-refractivity contribution in [2.75, 3.05) is 13.1 Å². The molecule has 6 nitrogen and oxygen atoms in total. The molecule has 0 unspecified atom stereocenters. The molecule has 2 saturated heterocycles. The van der Waals surface area contributed by atoms with Gasteiger partial charge in [0.05, 0.1) is 12.5 Å². The highest BCUT2D eigenvalue weighted by Gasteiger charge is 2.32. The predicted molar refractivity (Wildman–Crippen MR) is 84.3 cm³/mol. The second-order valence-electron chi connectivity index (χ2n) is 6.44. The minimum Gasteiger partial charge on any atom is -0.359 e. The van der Waals surface area contributed by atoms with E-state index in [2.05, 4.69) is 20.4 Å². The van der Waals surface area contributed by atoms with Crippen LogP contribution in [0.2, 0.25) is 0 Å². The first-order valence-corrected chi connectivity index (χ1v) is 8.16. The molecule has 0 saturated carbocycles. The van der Waals surface area contributed by atoms with E-state index < -0.39 is 0 Å². The third-order valence-corrected chi connectivity index (χ3v) is 4.69. The van der Waals surface area contributed by atoms with Gasteiger partial charge in [0.25, 0.3) is 0 Å². The van der Waals surface area contributed by atoms with Crippen LogP contribution >= 0.6 is 0 Å². The minimum absolute atomic E-state index is 0.102. The maximum atomic E-state index is 12.1. The Morgan fingerprint density at radius 3 is 3.00 bits per heavy atom. The zero-order valence-electron chi connectivity index (χ0n) is 12.9. The molecule has 2 bridgehead atoms. The molecule has 2 aliphatic heterocycles. The third-order valence-electron chi connectivity index (χ3n) is 4.69. The summed E-state index contributed by atoms with van der Waals surface area (Å²) in [6.07, 6.45) is 6.68. The van der Waals surface area contributed by atoms with Gasteiger partial charge in [-0.25, -0.2) is 0 Å². The molecule has 0 radical (unpaired) electrons. The predicted octanol–water partition coefficient (Wildman–Crippen LogP) is 1.84. The molecule has 120 valence electrons. The van der Waals surface area contributed by atoms with Crippen molar-refractivity contribution >= 4 is 5.91 Å². The summed E-state index contributed by atoms with van der Waals surface area (Å²) >= 11 is 0. The lowest BCUT2D eigenvalue weighted by atomic mass is 9.99. The lowest BCUT2D eigenvalue weighted by Crippen LogP contribution is -2.38. The first kappa shape index (κ1) is 14.4. The standard InChI is InChI=1S/C17H20N4O2/c22-17-13-2-1-3-14(19-17)10-21(9-13)11-15-8-16(20-23-15)12-4-6-18-7-5-12/h4-8,13-14H,1-3,9-11H2,(H,19,22)/t13-,14+/m1/s1. The maximum absolute atomic E-state index is 12.1. The van der Waals surface area contributed by atoms with E-state index in [1.807, 2.05) is 18.2 Å². The number of hydrogen-bond donors (Lipinski definition) is 1. The van der Waals surface area contributed by atoms with Crippen LogP contribution in [0.15, 0.2) is 35.1 Å². The lowest BCUT2D eigenvalue weighted by Gasteiger charge is -2.26. The normalized spacial score (nSPS) is 25.0. The fraction of sp³-hybridized carbons (Fsp3) is 0.471. The molecule has 2 fully saturated rings. The Labute approximate surface area is 134 Å². The van der Waals surface area contributed by atoms with E-state index >= 15 is 0 Å². The quantitative estimate of drug-likeness (QED) is 0.936. The van der Waals surface area contributed by atoms with Crippen LogP contribution in [0.1, 0.15) is 25.0 Å². The number of fused-ring (bicyclic) bond motifs is 3. The molecule has 4 heterocycles. The fourth-order valence-corrected chi connectivity index (χ4v) is 3.54. The van der Waals surface area contributed by atoms with Gasteiger partial charge in [-0.15, -0.1) is 0 Å². The maximum Gasteiger partial charge on any atom is 0.224 e. The third kappa shape index (κ3) is 3.12. The average Bonchev–Trinajstić information content (AvgIpc) is 2.87. The van der Waals surface area contributed by atoms with Crippen molar-refractivity contribution in [2.45, 2.75) is 31.8 Å². The number of amides is 1. The Morgan fingerprint density at radius 1 is 1.26 bits per heavy atom. The summed E-state index contributed by atoms with van der Waals surface area (Å²) in [6, 6.07) is 6.07. The van der Waals surface area contributed by atoms with Crippen molar-refractivity contribution < 1.29 is 9.32 Å². The van der Waals surface area contributed by atoms with Crippen LogP contribution in [0.25, 0.3) is 11.3 Å². The summed E-state index contributed by atoms with van der Waals surface area (Å²) in [4.78, 5) is 18.4. The van der Waals surface area contributed by atoms with Gasteiger partial charge in [-0.05, 0) is 25.0 Å². The van der Waals surface area contributed by atoms with E-state index in [1.54, 1.807) is 12.4 Å². The van der Waals surface area contributed by atoms with Crippen molar-refractivity contribution in [3.05, 3.63) is 36.4 Å². The smallest absolute Gasteiger partial charge is 0.224 e. The number of hydrogen-bond acceptors (Lipinski definition) is 5. The summed E-state index contributed by atoms with van der Waals surface area (Å²) in [5.41, 5.74) is 1.83. The van der Waals surface area contributed by atoms with Crippen molar-refractivity contribution in [3.8, 4) is 11.3 Å². The largest absolute Gasteiger partial charge is 0.359 e. The molecule has 2 aromatic heterocycles. The molecule has 1 amide bonds. The molecule has 0 aromatic carbocycles. The number of nitrogens with one attached hydrogen (secondary N) is 1. The molecule has 2 aromatic rings.